The molecule has 0 amide bonds. The molecule has 98 valence electrons. The Morgan fingerprint density at radius 3 is 2.74 bits per heavy atom. The maximum Gasteiger partial charge on any atom is 0.344 e. The van der Waals surface area contributed by atoms with Crippen molar-refractivity contribution in [3.8, 4) is 11.3 Å². The van der Waals surface area contributed by atoms with Gasteiger partial charge < -0.3 is 9.26 Å². The smallest absolute Gasteiger partial charge is 0.344 e. The number of halogens is 2. The van der Waals surface area contributed by atoms with E-state index in [-0.39, 0.29) is 22.0 Å². The third-order valence-corrected chi connectivity index (χ3v) is 2.95. The molecule has 2 rings (SSSR count). The Bertz CT molecular complexity index is 651. The van der Waals surface area contributed by atoms with Crippen molar-refractivity contribution >= 4 is 35.5 Å². The Hall–Kier alpha value is -1.85. The Labute approximate surface area is 118 Å². The summed E-state index contributed by atoms with van der Waals surface area (Å²) in [6.45, 7) is 0. The van der Waals surface area contributed by atoms with Crippen LogP contribution >= 0.6 is 23.2 Å². The van der Waals surface area contributed by atoms with Crippen LogP contribution in [-0.4, -0.2) is 24.5 Å². The number of esters is 1. The SMILES string of the molecule is COC(=O)c1c(-c2ccc(Cl)cc2Cl)noc1C=O. The molecule has 0 saturated heterocycles. The summed E-state index contributed by atoms with van der Waals surface area (Å²) >= 11 is 11.8. The molecule has 0 N–H and O–H groups in total. The van der Waals surface area contributed by atoms with Crippen LogP contribution in [0.15, 0.2) is 22.7 Å². The summed E-state index contributed by atoms with van der Waals surface area (Å²) in [5.41, 5.74) is 0.487. The van der Waals surface area contributed by atoms with Crippen LogP contribution < -0.4 is 0 Å². The van der Waals surface area contributed by atoms with E-state index in [1.807, 2.05) is 0 Å². The van der Waals surface area contributed by atoms with Gasteiger partial charge in [0.1, 0.15) is 11.3 Å². The number of rotatable bonds is 3. The van der Waals surface area contributed by atoms with E-state index in [1.165, 1.54) is 13.2 Å². The Balaban J connectivity index is 2.65. The van der Waals surface area contributed by atoms with E-state index in [1.54, 1.807) is 12.1 Å². The quantitative estimate of drug-likeness (QED) is 0.643. The van der Waals surface area contributed by atoms with E-state index < -0.39 is 5.97 Å². The predicted molar refractivity (Wildman–Crippen MR) is 68.7 cm³/mol. The van der Waals surface area contributed by atoms with Gasteiger partial charge in [0.25, 0.3) is 0 Å². The molecular formula is C12H7Cl2NO4. The molecule has 19 heavy (non-hydrogen) atoms. The fourth-order valence-corrected chi connectivity index (χ4v) is 2.05. The summed E-state index contributed by atoms with van der Waals surface area (Å²) in [5, 5.41) is 4.40. The Kier molecular flexibility index (Phi) is 3.87. The van der Waals surface area contributed by atoms with Crippen molar-refractivity contribution in [3.63, 3.8) is 0 Å². The van der Waals surface area contributed by atoms with Gasteiger partial charge >= 0.3 is 5.97 Å². The molecule has 7 heteroatoms. The molecule has 0 spiro atoms. The van der Waals surface area contributed by atoms with E-state index in [4.69, 9.17) is 27.7 Å². The summed E-state index contributed by atoms with van der Waals surface area (Å²) in [6, 6.07) is 4.65. The predicted octanol–water partition coefficient (Wildman–Crippen LogP) is 3.25. The third-order valence-electron chi connectivity index (χ3n) is 2.40. The molecule has 0 radical (unpaired) electrons. The lowest BCUT2D eigenvalue weighted by Gasteiger charge is -2.03. The topological polar surface area (TPSA) is 69.4 Å². The van der Waals surface area contributed by atoms with E-state index in [9.17, 15) is 9.59 Å². The van der Waals surface area contributed by atoms with Gasteiger partial charge in [0.2, 0.25) is 5.76 Å². The minimum atomic E-state index is -0.732. The molecule has 0 aliphatic rings. The minimum absolute atomic E-state index is 0.0678. The van der Waals surface area contributed by atoms with Crippen LogP contribution in [0.4, 0.5) is 0 Å². The zero-order valence-electron chi connectivity index (χ0n) is 9.65. The van der Waals surface area contributed by atoms with E-state index in [0.717, 1.165) is 0 Å². The van der Waals surface area contributed by atoms with Gasteiger partial charge in [-0.05, 0) is 18.2 Å². The highest BCUT2D eigenvalue weighted by Crippen LogP contribution is 2.33. The van der Waals surface area contributed by atoms with Crippen molar-refractivity contribution in [1.82, 2.24) is 5.16 Å². The first kappa shape index (κ1) is 13.6. The van der Waals surface area contributed by atoms with Gasteiger partial charge in [0.05, 0.1) is 12.1 Å². The first-order valence-electron chi connectivity index (χ1n) is 5.07. The van der Waals surface area contributed by atoms with Crippen molar-refractivity contribution in [3.05, 3.63) is 39.6 Å². The molecular weight excluding hydrogens is 293 g/mol. The van der Waals surface area contributed by atoms with Crippen LogP contribution in [0.2, 0.25) is 10.0 Å². The van der Waals surface area contributed by atoms with Gasteiger partial charge in [-0.2, -0.15) is 0 Å². The third kappa shape index (κ3) is 2.47. The summed E-state index contributed by atoms with van der Waals surface area (Å²) in [4.78, 5) is 22.5. The number of methoxy groups -OCH3 is 1. The van der Waals surface area contributed by atoms with Gasteiger partial charge in [-0.25, -0.2) is 4.79 Å². The summed E-state index contributed by atoms with van der Waals surface area (Å²) < 4.78 is 9.39. The van der Waals surface area contributed by atoms with Crippen LogP contribution in [-0.2, 0) is 4.74 Å². The first-order chi connectivity index (χ1) is 9.08. The van der Waals surface area contributed by atoms with Crippen LogP contribution in [0.1, 0.15) is 20.9 Å². The number of aromatic nitrogens is 1. The van der Waals surface area contributed by atoms with Gasteiger partial charge in [-0.3, -0.25) is 4.79 Å². The van der Waals surface area contributed by atoms with E-state index >= 15 is 0 Å². The monoisotopic (exact) mass is 299 g/mol. The standard InChI is InChI=1S/C12H7Cl2NO4/c1-18-12(17)10-9(5-16)19-15-11(10)7-3-2-6(13)4-8(7)14/h2-5H,1H3. The molecule has 1 aromatic heterocycles. The van der Waals surface area contributed by atoms with E-state index in [2.05, 4.69) is 9.89 Å². The number of aldehydes is 1. The molecule has 2 aromatic rings. The molecule has 0 aliphatic carbocycles. The van der Waals surface area contributed by atoms with Crippen LogP contribution in [0.5, 0.6) is 0 Å². The van der Waals surface area contributed by atoms with Gasteiger partial charge in [0.15, 0.2) is 6.29 Å². The van der Waals surface area contributed by atoms with Gasteiger partial charge in [-0.1, -0.05) is 28.4 Å². The number of carbonyl (C=O) groups is 2. The molecule has 0 bridgehead atoms. The van der Waals surface area contributed by atoms with Crippen LogP contribution in [0, 0.1) is 0 Å². The van der Waals surface area contributed by atoms with Crippen molar-refractivity contribution in [2.75, 3.05) is 7.11 Å². The first-order valence-corrected chi connectivity index (χ1v) is 5.82. The number of hydrogen-bond acceptors (Lipinski definition) is 5. The second-order valence-corrected chi connectivity index (χ2v) is 4.35. The van der Waals surface area contributed by atoms with Crippen LogP contribution in [0.25, 0.3) is 11.3 Å². The summed E-state index contributed by atoms with van der Waals surface area (Å²) in [6.07, 6.45) is 0.382. The molecule has 0 fully saturated rings. The average Bonchev–Trinajstić information content (AvgIpc) is 2.81. The molecule has 0 atom stereocenters. The number of benzene rings is 1. The fraction of sp³-hybridized carbons (Fsp3) is 0.0833. The lowest BCUT2D eigenvalue weighted by atomic mass is 10.1. The molecule has 1 heterocycles. The van der Waals surface area contributed by atoms with Crippen molar-refractivity contribution in [2.24, 2.45) is 0 Å². The molecule has 1 aromatic carbocycles. The highest BCUT2D eigenvalue weighted by molar-refractivity contribution is 6.36. The highest BCUT2D eigenvalue weighted by atomic mass is 35.5. The minimum Gasteiger partial charge on any atom is -0.465 e. The molecule has 0 aliphatic heterocycles. The van der Waals surface area contributed by atoms with Crippen molar-refractivity contribution < 1.29 is 18.8 Å². The Morgan fingerprint density at radius 1 is 1.42 bits per heavy atom. The summed E-state index contributed by atoms with van der Waals surface area (Å²) in [7, 11) is 1.19. The van der Waals surface area contributed by atoms with Gasteiger partial charge in [-0.15, -0.1) is 0 Å². The Morgan fingerprint density at radius 2 is 2.16 bits per heavy atom. The normalized spacial score (nSPS) is 10.3. The van der Waals surface area contributed by atoms with Crippen molar-refractivity contribution in [1.29, 1.82) is 0 Å². The summed E-state index contributed by atoms with van der Waals surface area (Å²) in [5.74, 6) is -0.947. The second kappa shape index (κ2) is 5.42. The number of nitrogens with zero attached hydrogens (tertiary/aromatic N) is 1. The van der Waals surface area contributed by atoms with E-state index in [0.29, 0.717) is 16.9 Å². The number of hydrogen-bond donors (Lipinski definition) is 0. The van der Waals surface area contributed by atoms with Gasteiger partial charge in [0, 0.05) is 10.6 Å². The fourth-order valence-electron chi connectivity index (χ4n) is 1.55. The highest BCUT2D eigenvalue weighted by Gasteiger charge is 2.25. The van der Waals surface area contributed by atoms with Crippen molar-refractivity contribution in [2.45, 2.75) is 0 Å². The number of ether oxygens (including phenoxy) is 1. The lowest BCUT2D eigenvalue weighted by molar-refractivity contribution is 0.0597. The van der Waals surface area contributed by atoms with Crippen LogP contribution in [0.3, 0.4) is 0 Å². The average molecular weight is 300 g/mol. The molecule has 5 nitrogen and oxygen atoms in total. The molecule has 0 saturated carbocycles. The maximum atomic E-state index is 11.7. The molecule has 0 unspecified atom stereocenters. The largest absolute Gasteiger partial charge is 0.465 e. The number of carbonyl (C=O) groups excluding carboxylic acids is 2. The second-order valence-electron chi connectivity index (χ2n) is 3.50. The zero-order chi connectivity index (χ0) is 14.0. The zero-order valence-corrected chi connectivity index (χ0v) is 11.2. The maximum absolute atomic E-state index is 11.7. The lowest BCUT2D eigenvalue weighted by Crippen LogP contribution is -2.05.